The molecule has 0 aliphatic heterocycles. The maximum atomic E-state index is 10.3. The van der Waals surface area contributed by atoms with Crippen LogP contribution in [0.15, 0.2) is 0 Å². The largest absolute Gasteiger partial charge is 0.431 e. The van der Waals surface area contributed by atoms with E-state index in [-0.39, 0.29) is 5.04 Å². The molecule has 0 aliphatic rings. The van der Waals surface area contributed by atoms with Crippen LogP contribution in [0, 0.1) is 0 Å². The zero-order valence-corrected chi connectivity index (χ0v) is 9.73. The molecule has 68 valence electrons. The maximum absolute atomic E-state index is 10.3. The molecule has 0 saturated heterocycles. The molecule has 0 aliphatic carbocycles. The monoisotopic (exact) mass is 174 g/mol. The summed E-state index contributed by atoms with van der Waals surface area (Å²) in [5.41, 5.74) is 0.456. The second-order valence-corrected chi connectivity index (χ2v) is 9.34. The average molecular weight is 174 g/mol. The second kappa shape index (κ2) is 3.28. The fourth-order valence-electron chi connectivity index (χ4n) is 1.14. The van der Waals surface area contributed by atoms with E-state index in [1.165, 1.54) is 0 Å². The lowest BCUT2D eigenvalue weighted by atomic mass is 10.1. The van der Waals surface area contributed by atoms with Crippen LogP contribution in [-0.4, -0.2) is 13.1 Å². The summed E-state index contributed by atoms with van der Waals surface area (Å²) in [5, 5.41) is 0.154. The highest BCUT2D eigenvalue weighted by atomic mass is 28.4. The van der Waals surface area contributed by atoms with Gasteiger partial charge in [-0.25, -0.2) is 0 Å². The van der Waals surface area contributed by atoms with E-state index in [9.17, 15) is 4.80 Å². The third-order valence-electron chi connectivity index (χ3n) is 3.38. The topological polar surface area (TPSA) is 20.2 Å². The van der Waals surface area contributed by atoms with Crippen molar-refractivity contribution in [3.63, 3.8) is 0 Å². The van der Waals surface area contributed by atoms with E-state index in [1.54, 1.807) is 0 Å². The van der Waals surface area contributed by atoms with Crippen LogP contribution in [0.2, 0.25) is 17.1 Å². The zero-order valence-electron chi connectivity index (χ0n) is 8.73. The first kappa shape index (κ1) is 11.2. The molecule has 1 unspecified atom stereocenters. The molecule has 11 heavy (non-hydrogen) atoms. The summed E-state index contributed by atoms with van der Waals surface area (Å²) in [6.45, 7) is 12.8. The van der Waals surface area contributed by atoms with Crippen LogP contribution in [0.25, 0.3) is 0 Å². The highest BCUT2D eigenvalue weighted by Crippen LogP contribution is 2.44. The summed E-state index contributed by atoms with van der Waals surface area (Å²) in [7, 11) is -2.01. The quantitative estimate of drug-likeness (QED) is 0.652. The van der Waals surface area contributed by atoms with Crippen molar-refractivity contribution in [1.82, 2.24) is 0 Å². The molecule has 0 aromatic rings. The first-order valence-electron chi connectivity index (χ1n) is 4.48. The van der Waals surface area contributed by atoms with Crippen LogP contribution in [0.3, 0.4) is 0 Å². The van der Waals surface area contributed by atoms with Gasteiger partial charge in [0.25, 0.3) is 0 Å². The van der Waals surface area contributed by atoms with E-state index in [2.05, 4.69) is 41.2 Å². The van der Waals surface area contributed by atoms with Gasteiger partial charge >= 0.3 is 0 Å². The molecule has 1 nitrogen and oxygen atoms in total. The maximum Gasteiger partial charge on any atom is 0.193 e. The van der Waals surface area contributed by atoms with Gasteiger partial charge in [-0.05, 0) is 17.1 Å². The van der Waals surface area contributed by atoms with Crippen molar-refractivity contribution in [2.24, 2.45) is 0 Å². The minimum absolute atomic E-state index is 0.154. The van der Waals surface area contributed by atoms with Gasteiger partial charge in [0.1, 0.15) is 0 Å². The predicted octanol–water partition coefficient (Wildman–Crippen LogP) is 3.15. The first-order valence-corrected chi connectivity index (χ1v) is 7.00. The Morgan fingerprint density at radius 3 is 1.82 bits per heavy atom. The number of hydrogen-bond donors (Lipinski definition) is 1. The Hall–Kier alpha value is 0.177. The van der Waals surface area contributed by atoms with Crippen molar-refractivity contribution in [1.29, 1.82) is 0 Å². The van der Waals surface area contributed by atoms with E-state index in [4.69, 9.17) is 0 Å². The smallest absolute Gasteiger partial charge is 0.193 e. The lowest BCUT2D eigenvalue weighted by Gasteiger charge is -2.40. The van der Waals surface area contributed by atoms with Crippen molar-refractivity contribution in [3.05, 3.63) is 0 Å². The fourth-order valence-corrected chi connectivity index (χ4v) is 3.42. The van der Waals surface area contributed by atoms with Gasteiger partial charge in [0, 0.05) is 0 Å². The standard InChI is InChI=1S/C9H22OSi/c1-7-9(4,5)11(6,10)8(2)3/h8,10H,7H2,1-6H3. The summed E-state index contributed by atoms with van der Waals surface area (Å²) in [6, 6.07) is 0. The third kappa shape index (κ3) is 2.06. The molecular weight excluding hydrogens is 152 g/mol. The molecule has 0 aromatic carbocycles. The lowest BCUT2D eigenvalue weighted by molar-refractivity contribution is 0.437. The Bertz CT molecular complexity index is 128. The van der Waals surface area contributed by atoms with Crippen LogP contribution in [0.5, 0.6) is 0 Å². The number of hydrogen-bond acceptors (Lipinski definition) is 1. The molecule has 1 atom stereocenters. The highest BCUT2D eigenvalue weighted by Gasteiger charge is 2.43. The molecule has 1 N–H and O–H groups in total. The van der Waals surface area contributed by atoms with E-state index >= 15 is 0 Å². The Kier molecular flexibility index (Phi) is 3.33. The average Bonchev–Trinajstić information content (AvgIpc) is 1.87. The molecule has 0 rings (SSSR count). The normalized spacial score (nSPS) is 18.5. The van der Waals surface area contributed by atoms with E-state index in [1.807, 2.05) is 0 Å². The van der Waals surface area contributed by atoms with Crippen molar-refractivity contribution >= 4 is 8.32 Å². The first-order chi connectivity index (χ1) is 4.75. The summed E-state index contributed by atoms with van der Waals surface area (Å²) >= 11 is 0. The van der Waals surface area contributed by atoms with Gasteiger partial charge in [-0.2, -0.15) is 0 Å². The summed E-state index contributed by atoms with van der Waals surface area (Å²) in [6.07, 6.45) is 1.07. The summed E-state index contributed by atoms with van der Waals surface area (Å²) < 4.78 is 0. The highest BCUT2D eigenvalue weighted by molar-refractivity contribution is 6.75. The van der Waals surface area contributed by atoms with E-state index in [0.29, 0.717) is 5.54 Å². The Balaban J connectivity index is 4.53. The van der Waals surface area contributed by atoms with E-state index < -0.39 is 8.32 Å². The molecule has 0 aromatic heterocycles. The predicted molar refractivity (Wildman–Crippen MR) is 53.3 cm³/mol. The molecule has 0 bridgehead atoms. The minimum Gasteiger partial charge on any atom is -0.431 e. The molecule has 0 radical (unpaired) electrons. The van der Waals surface area contributed by atoms with Crippen LogP contribution >= 0.6 is 0 Å². The van der Waals surface area contributed by atoms with Gasteiger partial charge in [-0.3, -0.25) is 0 Å². The molecule has 0 spiro atoms. The second-order valence-electron chi connectivity index (χ2n) is 4.54. The fraction of sp³-hybridized carbons (Fsp3) is 1.00. The minimum atomic E-state index is -2.01. The SMILES string of the molecule is CCC(C)(C)[Si](C)(O)C(C)C. The Morgan fingerprint density at radius 2 is 1.73 bits per heavy atom. The van der Waals surface area contributed by atoms with Crippen molar-refractivity contribution in [3.8, 4) is 0 Å². The van der Waals surface area contributed by atoms with Gasteiger partial charge < -0.3 is 4.80 Å². The van der Waals surface area contributed by atoms with Crippen LogP contribution in [0.1, 0.15) is 41.0 Å². The van der Waals surface area contributed by atoms with Crippen molar-refractivity contribution in [2.45, 2.75) is 58.2 Å². The Morgan fingerprint density at radius 1 is 1.36 bits per heavy atom. The van der Waals surface area contributed by atoms with Gasteiger partial charge in [0.15, 0.2) is 8.32 Å². The van der Waals surface area contributed by atoms with Gasteiger partial charge in [0.2, 0.25) is 0 Å². The molecule has 0 fully saturated rings. The zero-order chi connectivity index (χ0) is 9.28. The summed E-state index contributed by atoms with van der Waals surface area (Å²) in [5.74, 6) is 0. The number of rotatable bonds is 3. The van der Waals surface area contributed by atoms with E-state index in [0.717, 1.165) is 6.42 Å². The third-order valence-corrected chi connectivity index (χ3v) is 8.72. The Labute approximate surface area is 72.0 Å². The molecular formula is C9H22OSi. The molecule has 0 saturated carbocycles. The molecule has 2 heteroatoms. The lowest BCUT2D eigenvalue weighted by Crippen LogP contribution is -2.44. The molecule has 0 heterocycles. The van der Waals surface area contributed by atoms with Gasteiger partial charge in [-0.15, -0.1) is 0 Å². The summed E-state index contributed by atoms with van der Waals surface area (Å²) in [4.78, 5) is 10.3. The van der Waals surface area contributed by atoms with Crippen molar-refractivity contribution < 1.29 is 4.80 Å². The van der Waals surface area contributed by atoms with Gasteiger partial charge in [0.05, 0.1) is 0 Å². The van der Waals surface area contributed by atoms with Crippen molar-refractivity contribution in [2.75, 3.05) is 0 Å². The molecule has 0 amide bonds. The van der Waals surface area contributed by atoms with Crippen LogP contribution in [0.4, 0.5) is 0 Å². The van der Waals surface area contributed by atoms with Gasteiger partial charge in [-0.1, -0.05) is 41.0 Å². The van der Waals surface area contributed by atoms with Crippen LogP contribution < -0.4 is 0 Å². The van der Waals surface area contributed by atoms with Crippen LogP contribution in [-0.2, 0) is 0 Å².